The van der Waals surface area contributed by atoms with Gasteiger partial charge in [-0.3, -0.25) is 4.98 Å². The summed E-state index contributed by atoms with van der Waals surface area (Å²) in [5.41, 5.74) is 5.71. The van der Waals surface area contributed by atoms with E-state index in [-0.39, 0.29) is 28.3 Å². The maximum Gasteiger partial charge on any atom is 0.433 e. The number of rotatable bonds is 3. The van der Waals surface area contributed by atoms with Crippen LogP contribution >= 0.6 is 0 Å². The van der Waals surface area contributed by atoms with E-state index >= 15 is 0 Å². The number of carbonyl (C=O) groups is 1. The van der Waals surface area contributed by atoms with Gasteiger partial charge in [-0.1, -0.05) is 0 Å². The van der Waals surface area contributed by atoms with Crippen LogP contribution in [-0.4, -0.2) is 26.0 Å². The van der Waals surface area contributed by atoms with E-state index in [1.807, 2.05) is 0 Å². The summed E-state index contributed by atoms with van der Waals surface area (Å²) in [6, 6.07) is 7.79. The second-order valence-corrected chi connectivity index (χ2v) is 5.30. The third-order valence-electron chi connectivity index (χ3n) is 3.54. The van der Waals surface area contributed by atoms with Crippen LogP contribution in [-0.2, 0) is 6.18 Å². The van der Waals surface area contributed by atoms with Crippen LogP contribution < -0.4 is 5.73 Å². The molecule has 0 unspecified atom stereocenters. The Morgan fingerprint density at radius 1 is 1.08 bits per heavy atom. The van der Waals surface area contributed by atoms with Crippen molar-refractivity contribution in [2.24, 2.45) is 0 Å². The molecule has 0 saturated carbocycles. The number of pyridine rings is 3. The lowest BCUT2D eigenvalue weighted by atomic mass is 10.1. The summed E-state index contributed by atoms with van der Waals surface area (Å²) in [6.07, 6.45) is -2.10. The molecule has 132 valence electrons. The van der Waals surface area contributed by atoms with Crippen LogP contribution in [0, 0.1) is 0 Å². The predicted molar refractivity (Wildman–Crippen MR) is 87.1 cm³/mol. The van der Waals surface area contributed by atoms with Gasteiger partial charge in [0, 0.05) is 23.5 Å². The molecule has 3 heterocycles. The van der Waals surface area contributed by atoms with Crippen LogP contribution in [0.25, 0.3) is 22.5 Å². The molecule has 0 aromatic carbocycles. The highest BCUT2D eigenvalue weighted by Gasteiger charge is 2.32. The number of anilines is 1. The van der Waals surface area contributed by atoms with Crippen molar-refractivity contribution in [2.45, 2.75) is 6.18 Å². The minimum absolute atomic E-state index is 0.0897. The van der Waals surface area contributed by atoms with Crippen molar-refractivity contribution in [3.05, 3.63) is 60.0 Å². The lowest BCUT2D eigenvalue weighted by Gasteiger charge is -2.10. The van der Waals surface area contributed by atoms with Crippen LogP contribution in [0.1, 0.15) is 16.1 Å². The molecule has 0 aliphatic heterocycles. The molecule has 3 N–H and O–H groups in total. The Morgan fingerprint density at radius 2 is 1.81 bits per heavy atom. The summed E-state index contributed by atoms with van der Waals surface area (Å²) in [4.78, 5) is 23.0. The minimum Gasteiger partial charge on any atom is -0.478 e. The zero-order valence-electron chi connectivity index (χ0n) is 13.0. The first-order valence-electron chi connectivity index (χ1n) is 7.25. The van der Waals surface area contributed by atoms with Crippen LogP contribution in [0.2, 0.25) is 0 Å². The third kappa shape index (κ3) is 3.46. The number of hydrogen-bond acceptors (Lipinski definition) is 5. The molecular formula is C17H11F3N4O2. The Hall–Kier alpha value is -3.49. The second kappa shape index (κ2) is 6.43. The van der Waals surface area contributed by atoms with E-state index in [1.54, 1.807) is 12.1 Å². The lowest BCUT2D eigenvalue weighted by molar-refractivity contribution is -0.141. The van der Waals surface area contributed by atoms with E-state index in [0.29, 0.717) is 5.56 Å². The normalized spacial score (nSPS) is 11.3. The van der Waals surface area contributed by atoms with E-state index in [9.17, 15) is 23.1 Å². The molecule has 0 bridgehead atoms. The van der Waals surface area contributed by atoms with Gasteiger partial charge in [0.2, 0.25) is 0 Å². The lowest BCUT2D eigenvalue weighted by Crippen LogP contribution is -2.07. The highest BCUT2D eigenvalue weighted by molar-refractivity contribution is 5.91. The molecule has 9 heteroatoms. The number of aromatic nitrogens is 3. The Kier molecular flexibility index (Phi) is 4.29. The van der Waals surface area contributed by atoms with E-state index in [2.05, 4.69) is 15.0 Å². The number of nitrogen functional groups attached to an aromatic ring is 1. The van der Waals surface area contributed by atoms with Gasteiger partial charge in [-0.15, -0.1) is 0 Å². The van der Waals surface area contributed by atoms with E-state index < -0.39 is 17.8 Å². The third-order valence-corrected chi connectivity index (χ3v) is 3.54. The smallest absolute Gasteiger partial charge is 0.433 e. The first-order chi connectivity index (χ1) is 12.3. The van der Waals surface area contributed by atoms with Gasteiger partial charge in [-0.2, -0.15) is 13.2 Å². The van der Waals surface area contributed by atoms with Crippen molar-refractivity contribution in [1.29, 1.82) is 0 Å². The molecule has 3 aromatic heterocycles. The van der Waals surface area contributed by atoms with Gasteiger partial charge in [0.15, 0.2) is 0 Å². The highest BCUT2D eigenvalue weighted by atomic mass is 19.4. The zero-order chi connectivity index (χ0) is 18.9. The molecule has 26 heavy (non-hydrogen) atoms. The standard InChI is InChI=1S/C17H11F3N4O2/c18-17(19,20)14-4-3-9(8-23-14)12-6-10(16(25)26)7-13(24-12)11-2-1-5-22-15(11)21/h1-8H,(H2,21,22)(H,25,26). The Balaban J connectivity index is 2.13. The van der Waals surface area contributed by atoms with Crippen molar-refractivity contribution in [3.8, 4) is 22.5 Å². The Bertz CT molecular complexity index is 972. The predicted octanol–water partition coefficient (Wildman–Crippen LogP) is 3.50. The number of nitrogens with zero attached hydrogens (tertiary/aromatic N) is 3. The van der Waals surface area contributed by atoms with Gasteiger partial charge in [0.05, 0.1) is 17.0 Å². The summed E-state index contributed by atoms with van der Waals surface area (Å²) in [7, 11) is 0. The fourth-order valence-corrected chi connectivity index (χ4v) is 2.29. The molecule has 0 radical (unpaired) electrons. The first-order valence-corrected chi connectivity index (χ1v) is 7.25. The van der Waals surface area contributed by atoms with Gasteiger partial charge >= 0.3 is 12.1 Å². The van der Waals surface area contributed by atoms with Crippen LogP contribution in [0.4, 0.5) is 19.0 Å². The number of carboxylic acids is 1. The van der Waals surface area contributed by atoms with Crippen LogP contribution in [0.15, 0.2) is 48.8 Å². The molecule has 0 fully saturated rings. The van der Waals surface area contributed by atoms with Crippen molar-refractivity contribution >= 4 is 11.8 Å². The van der Waals surface area contributed by atoms with Crippen molar-refractivity contribution in [2.75, 3.05) is 5.73 Å². The van der Waals surface area contributed by atoms with Crippen molar-refractivity contribution in [3.63, 3.8) is 0 Å². The van der Waals surface area contributed by atoms with E-state index in [4.69, 9.17) is 5.73 Å². The summed E-state index contributed by atoms with van der Waals surface area (Å²) in [6.45, 7) is 0. The van der Waals surface area contributed by atoms with Crippen LogP contribution in [0.5, 0.6) is 0 Å². The topological polar surface area (TPSA) is 102 Å². The Morgan fingerprint density at radius 3 is 2.38 bits per heavy atom. The number of hydrogen-bond donors (Lipinski definition) is 2. The largest absolute Gasteiger partial charge is 0.478 e. The number of aromatic carboxylic acids is 1. The van der Waals surface area contributed by atoms with Gasteiger partial charge in [-0.25, -0.2) is 14.8 Å². The van der Waals surface area contributed by atoms with Gasteiger partial charge in [0.25, 0.3) is 0 Å². The summed E-state index contributed by atoms with van der Waals surface area (Å²) < 4.78 is 37.9. The molecule has 0 atom stereocenters. The molecule has 0 aliphatic carbocycles. The first kappa shape index (κ1) is 17.3. The highest BCUT2D eigenvalue weighted by Crippen LogP contribution is 2.30. The average Bonchev–Trinajstić information content (AvgIpc) is 2.61. The summed E-state index contributed by atoms with van der Waals surface area (Å²) in [5.74, 6) is -1.06. The molecule has 6 nitrogen and oxygen atoms in total. The molecule has 3 aromatic rings. The fourth-order valence-electron chi connectivity index (χ4n) is 2.29. The van der Waals surface area contributed by atoms with Crippen molar-refractivity contribution < 1.29 is 23.1 Å². The SMILES string of the molecule is Nc1ncccc1-c1cc(C(=O)O)cc(-c2ccc(C(F)(F)F)nc2)n1. The number of nitrogens with two attached hydrogens (primary N) is 1. The maximum atomic E-state index is 12.6. The summed E-state index contributed by atoms with van der Waals surface area (Å²) >= 11 is 0. The summed E-state index contributed by atoms with van der Waals surface area (Å²) in [5, 5.41) is 9.31. The average molecular weight is 360 g/mol. The molecule has 0 spiro atoms. The number of carboxylic acid groups (broad SMARTS) is 1. The monoisotopic (exact) mass is 360 g/mol. The maximum absolute atomic E-state index is 12.6. The molecule has 0 aliphatic rings. The van der Waals surface area contributed by atoms with E-state index in [1.165, 1.54) is 24.4 Å². The van der Waals surface area contributed by atoms with Gasteiger partial charge in [0.1, 0.15) is 11.5 Å². The minimum atomic E-state index is -4.57. The number of alkyl halides is 3. The molecule has 0 amide bonds. The quantitative estimate of drug-likeness (QED) is 0.741. The van der Waals surface area contributed by atoms with E-state index in [0.717, 1.165) is 12.3 Å². The van der Waals surface area contributed by atoms with Gasteiger partial charge < -0.3 is 10.8 Å². The van der Waals surface area contributed by atoms with Crippen molar-refractivity contribution in [1.82, 2.24) is 15.0 Å². The van der Waals surface area contributed by atoms with Gasteiger partial charge in [-0.05, 0) is 36.4 Å². The second-order valence-electron chi connectivity index (χ2n) is 5.30. The molecular weight excluding hydrogens is 349 g/mol. The molecule has 0 saturated heterocycles. The molecule has 3 rings (SSSR count). The zero-order valence-corrected chi connectivity index (χ0v) is 13.0. The Labute approximate surface area is 145 Å². The fraction of sp³-hybridized carbons (Fsp3) is 0.0588. The van der Waals surface area contributed by atoms with Crippen LogP contribution in [0.3, 0.4) is 0 Å². The number of halogens is 3.